The van der Waals surface area contributed by atoms with Gasteiger partial charge >= 0.3 is 0 Å². The van der Waals surface area contributed by atoms with Gasteiger partial charge in [0.05, 0.1) is 29.8 Å². The first-order chi connectivity index (χ1) is 10.9. The Kier molecular flexibility index (Phi) is 2.94. The second kappa shape index (κ2) is 4.52. The lowest BCUT2D eigenvalue weighted by molar-refractivity contribution is -0.269. The number of rotatable bonds is 1. The van der Waals surface area contributed by atoms with E-state index in [-0.39, 0.29) is 0 Å². The van der Waals surface area contributed by atoms with Crippen LogP contribution in [0.5, 0.6) is 0 Å². The monoisotopic (exact) mass is 307 g/mol. The Bertz CT molecular complexity index is 788. The minimum atomic E-state index is -1.93. The fourth-order valence-corrected chi connectivity index (χ4v) is 3.50. The number of nitrogens with zero attached hydrogens (tertiary/aromatic N) is 4. The molecule has 0 saturated carbocycles. The van der Waals surface area contributed by atoms with Crippen molar-refractivity contribution in [2.24, 2.45) is 16.7 Å². The molecule has 1 aromatic heterocycles. The fraction of sp³-hybridized carbons (Fsp3) is 0.438. The van der Waals surface area contributed by atoms with Crippen LogP contribution in [0.2, 0.25) is 0 Å². The van der Waals surface area contributed by atoms with Crippen molar-refractivity contribution in [1.29, 1.82) is 21.2 Å². The van der Waals surface area contributed by atoms with E-state index in [1.165, 1.54) is 6.20 Å². The van der Waals surface area contributed by atoms with Crippen LogP contribution in [0.4, 0.5) is 0 Å². The predicted octanol–water partition coefficient (Wildman–Crippen LogP) is 2.06. The minimum absolute atomic E-state index is 0.353. The molecule has 23 heavy (non-hydrogen) atoms. The Morgan fingerprint density at radius 3 is 2.43 bits per heavy atom. The zero-order chi connectivity index (χ0) is 16.9. The van der Waals surface area contributed by atoms with Crippen molar-refractivity contribution >= 4 is 5.90 Å². The first-order valence-corrected chi connectivity index (χ1v) is 7.02. The molecule has 0 aromatic carbocycles. The lowest BCUT2D eigenvalue weighted by Crippen LogP contribution is -2.57. The molecule has 4 unspecified atom stereocenters. The molecule has 0 aliphatic carbocycles. The Labute approximate surface area is 133 Å². The highest BCUT2D eigenvalue weighted by Crippen LogP contribution is 2.65. The molecule has 2 saturated heterocycles. The van der Waals surface area contributed by atoms with Gasteiger partial charge in [-0.2, -0.15) is 15.8 Å². The number of pyridine rings is 1. The first kappa shape index (κ1) is 15.0. The van der Waals surface area contributed by atoms with Gasteiger partial charge in [0.25, 0.3) is 0 Å². The van der Waals surface area contributed by atoms with Crippen LogP contribution in [-0.2, 0) is 9.47 Å². The maximum absolute atomic E-state index is 9.84. The van der Waals surface area contributed by atoms with Gasteiger partial charge < -0.3 is 9.47 Å². The summed E-state index contributed by atoms with van der Waals surface area (Å²) in [5.74, 6) is -2.34. The van der Waals surface area contributed by atoms with Gasteiger partial charge in [0.2, 0.25) is 17.1 Å². The van der Waals surface area contributed by atoms with Crippen molar-refractivity contribution in [2.75, 3.05) is 0 Å². The van der Waals surface area contributed by atoms with Gasteiger partial charge in [0.1, 0.15) is 6.10 Å². The Hall–Kier alpha value is -2.95. The van der Waals surface area contributed by atoms with Crippen LogP contribution in [0.1, 0.15) is 25.6 Å². The third-order valence-corrected chi connectivity index (χ3v) is 4.95. The maximum atomic E-state index is 9.84. The van der Waals surface area contributed by atoms with E-state index in [1.807, 2.05) is 18.2 Å². The number of fused-ring (bicyclic) bond motifs is 2. The van der Waals surface area contributed by atoms with Crippen LogP contribution in [-0.4, -0.2) is 16.7 Å². The maximum Gasteiger partial charge on any atom is 0.214 e. The van der Waals surface area contributed by atoms with Crippen LogP contribution in [0, 0.1) is 56.2 Å². The topological polar surface area (TPSA) is 127 Å². The van der Waals surface area contributed by atoms with Crippen LogP contribution in [0.3, 0.4) is 0 Å². The Morgan fingerprint density at radius 1 is 1.22 bits per heavy atom. The smallest absolute Gasteiger partial charge is 0.214 e. The summed E-state index contributed by atoms with van der Waals surface area (Å²) in [6.07, 6.45) is 0.425. The largest absolute Gasteiger partial charge is 0.448 e. The summed E-state index contributed by atoms with van der Waals surface area (Å²) in [7, 11) is 0. The third kappa shape index (κ3) is 1.49. The average molecular weight is 307 g/mol. The molecular formula is C16H13N5O2. The van der Waals surface area contributed by atoms with Gasteiger partial charge in [0, 0.05) is 13.1 Å². The van der Waals surface area contributed by atoms with Crippen molar-refractivity contribution in [3.63, 3.8) is 0 Å². The molecule has 2 aliphatic rings. The minimum Gasteiger partial charge on any atom is -0.448 e. The van der Waals surface area contributed by atoms with Gasteiger partial charge in [-0.1, -0.05) is 13.0 Å². The zero-order valence-corrected chi connectivity index (χ0v) is 12.6. The highest BCUT2D eigenvalue weighted by Gasteiger charge is 2.78. The van der Waals surface area contributed by atoms with Crippen molar-refractivity contribution in [3.05, 3.63) is 30.1 Å². The molecular weight excluding hydrogens is 294 g/mol. The van der Waals surface area contributed by atoms with E-state index in [0.717, 1.165) is 0 Å². The number of nitriles is 3. The number of nitrogens with one attached hydrogen (secondary N) is 1. The molecule has 1 aromatic rings. The molecule has 114 valence electrons. The summed E-state index contributed by atoms with van der Waals surface area (Å²) in [6, 6.07) is 10.9. The summed E-state index contributed by atoms with van der Waals surface area (Å²) in [6.45, 7) is 3.27. The number of ether oxygens (including phenoxy) is 2. The van der Waals surface area contributed by atoms with Crippen molar-refractivity contribution < 1.29 is 9.47 Å². The Morgan fingerprint density at radius 2 is 1.91 bits per heavy atom. The summed E-state index contributed by atoms with van der Waals surface area (Å²) >= 11 is 0. The third-order valence-electron chi connectivity index (χ3n) is 4.95. The van der Waals surface area contributed by atoms with Gasteiger partial charge in [-0.25, -0.2) is 0 Å². The van der Waals surface area contributed by atoms with E-state index in [4.69, 9.17) is 14.9 Å². The highest BCUT2D eigenvalue weighted by molar-refractivity contribution is 5.89. The summed E-state index contributed by atoms with van der Waals surface area (Å²) in [5, 5.41) is 37.6. The summed E-state index contributed by atoms with van der Waals surface area (Å²) < 4.78 is 11.4. The van der Waals surface area contributed by atoms with E-state index in [1.54, 1.807) is 32.0 Å². The van der Waals surface area contributed by atoms with E-state index in [9.17, 15) is 15.8 Å². The molecule has 4 atom stereocenters. The lowest BCUT2D eigenvalue weighted by Gasteiger charge is -2.47. The number of hydrogen-bond donors (Lipinski definition) is 1. The van der Waals surface area contributed by atoms with Crippen molar-refractivity contribution in [1.82, 2.24) is 4.98 Å². The molecule has 7 nitrogen and oxygen atoms in total. The van der Waals surface area contributed by atoms with E-state index in [2.05, 4.69) is 4.98 Å². The molecule has 0 amide bonds. The SMILES string of the molecule is CC1C2(C)OC(=N)C1(C#N)C(C#N)(C#N)C(c1ccccn1)O2. The molecule has 2 aliphatic heterocycles. The van der Waals surface area contributed by atoms with Crippen molar-refractivity contribution in [3.8, 4) is 18.2 Å². The molecule has 2 fully saturated rings. The van der Waals surface area contributed by atoms with E-state index in [0.29, 0.717) is 5.69 Å². The van der Waals surface area contributed by atoms with Crippen LogP contribution < -0.4 is 0 Å². The average Bonchev–Trinajstić information content (AvgIpc) is 2.71. The van der Waals surface area contributed by atoms with Gasteiger partial charge in [-0.05, 0) is 12.1 Å². The van der Waals surface area contributed by atoms with Crippen LogP contribution >= 0.6 is 0 Å². The highest BCUT2D eigenvalue weighted by atomic mass is 16.7. The summed E-state index contributed by atoms with van der Waals surface area (Å²) in [5.41, 5.74) is -3.29. The van der Waals surface area contributed by atoms with E-state index < -0.39 is 34.5 Å². The molecule has 3 rings (SSSR count). The van der Waals surface area contributed by atoms with Gasteiger partial charge in [-0.3, -0.25) is 10.4 Å². The second-order valence-corrected chi connectivity index (χ2v) is 5.87. The molecule has 2 bridgehead atoms. The first-order valence-electron chi connectivity index (χ1n) is 7.02. The predicted molar refractivity (Wildman–Crippen MR) is 76.1 cm³/mol. The molecule has 0 spiro atoms. The standard InChI is InChI=1S/C16H13N5O2/c1-10-14(2)22-12(11-5-3-4-6-21-11)15(7-17,8-18)16(10,9-19)13(20)23-14/h3-6,10,12,20H,1-2H3. The van der Waals surface area contributed by atoms with Crippen LogP contribution in [0.25, 0.3) is 0 Å². The van der Waals surface area contributed by atoms with Gasteiger partial charge in [-0.15, -0.1) is 0 Å². The quantitative estimate of drug-likeness (QED) is 0.846. The number of hydrogen-bond acceptors (Lipinski definition) is 7. The molecule has 0 radical (unpaired) electrons. The second-order valence-electron chi connectivity index (χ2n) is 5.87. The normalized spacial score (nSPS) is 37.1. The Balaban J connectivity index is 2.34. The molecule has 7 heteroatoms. The van der Waals surface area contributed by atoms with Crippen LogP contribution in [0.15, 0.2) is 24.4 Å². The lowest BCUT2D eigenvalue weighted by atomic mass is 9.54. The van der Waals surface area contributed by atoms with Crippen molar-refractivity contribution in [2.45, 2.75) is 25.7 Å². The van der Waals surface area contributed by atoms with Gasteiger partial charge in [0.15, 0.2) is 5.41 Å². The molecule has 1 N–H and O–H groups in total. The number of aromatic nitrogens is 1. The fourth-order valence-electron chi connectivity index (χ4n) is 3.50. The summed E-state index contributed by atoms with van der Waals surface area (Å²) in [4.78, 5) is 4.17. The van der Waals surface area contributed by atoms with E-state index >= 15 is 0 Å². The zero-order valence-electron chi connectivity index (χ0n) is 12.6. The molecule has 3 heterocycles.